The zero-order valence-corrected chi connectivity index (χ0v) is 11.1. The van der Waals surface area contributed by atoms with Gasteiger partial charge >= 0.3 is 0 Å². The lowest BCUT2D eigenvalue weighted by atomic mass is 10.1. The molecule has 2 N–H and O–H groups in total. The zero-order valence-electron chi connectivity index (χ0n) is 11.1. The molecule has 1 heterocycles. The quantitative estimate of drug-likeness (QED) is 0.809. The molecule has 96 valence electrons. The molecule has 5 nitrogen and oxygen atoms in total. The molecule has 0 aliphatic carbocycles. The summed E-state index contributed by atoms with van der Waals surface area (Å²) in [5.41, 5.74) is 1.08. The van der Waals surface area contributed by atoms with E-state index in [0.29, 0.717) is 19.5 Å². The van der Waals surface area contributed by atoms with E-state index in [1.807, 2.05) is 7.05 Å². The van der Waals surface area contributed by atoms with Gasteiger partial charge in [0, 0.05) is 43.9 Å². The molecule has 0 atom stereocenters. The maximum Gasteiger partial charge on any atom is 0.223 e. The number of hydrogen-bond donors (Lipinski definition) is 2. The minimum atomic E-state index is 0.0589. The Labute approximate surface area is 103 Å². The molecule has 0 radical (unpaired) electrons. The van der Waals surface area contributed by atoms with E-state index in [0.717, 1.165) is 5.56 Å². The first-order valence-corrected chi connectivity index (χ1v) is 5.85. The van der Waals surface area contributed by atoms with Gasteiger partial charge in [-0.1, -0.05) is 0 Å². The average molecular weight is 238 g/mol. The molecule has 1 aromatic heterocycles. The third kappa shape index (κ3) is 5.49. The molecule has 1 amide bonds. The molecule has 0 saturated carbocycles. The van der Waals surface area contributed by atoms with E-state index in [-0.39, 0.29) is 11.4 Å². The van der Waals surface area contributed by atoms with Gasteiger partial charge < -0.3 is 10.2 Å². The molecule has 0 bridgehead atoms. The number of nitrogens with zero attached hydrogens (tertiary/aromatic N) is 2. The normalized spacial score (nSPS) is 11.5. The van der Waals surface area contributed by atoms with Crippen molar-refractivity contribution in [1.29, 1.82) is 0 Å². The van der Waals surface area contributed by atoms with Crippen LogP contribution in [0.15, 0.2) is 12.4 Å². The number of hydrogen-bond acceptors (Lipinski definition) is 3. The van der Waals surface area contributed by atoms with Gasteiger partial charge in [-0.3, -0.25) is 9.89 Å². The molecule has 0 fully saturated rings. The minimum absolute atomic E-state index is 0.0589. The number of rotatable bonds is 5. The van der Waals surface area contributed by atoms with Crippen molar-refractivity contribution < 1.29 is 4.79 Å². The molecular formula is C12H22N4O. The summed E-state index contributed by atoms with van der Waals surface area (Å²) in [6.07, 6.45) is 4.06. The second-order valence-electron chi connectivity index (χ2n) is 5.28. The van der Waals surface area contributed by atoms with Crippen LogP contribution < -0.4 is 5.32 Å². The highest BCUT2D eigenvalue weighted by atomic mass is 16.2. The van der Waals surface area contributed by atoms with E-state index in [4.69, 9.17) is 0 Å². The van der Waals surface area contributed by atoms with Crippen LogP contribution in [-0.4, -0.2) is 40.1 Å². The summed E-state index contributed by atoms with van der Waals surface area (Å²) < 4.78 is 0. The fraction of sp³-hybridized carbons (Fsp3) is 0.667. The number of amides is 1. The van der Waals surface area contributed by atoms with Gasteiger partial charge in [0.1, 0.15) is 0 Å². The summed E-state index contributed by atoms with van der Waals surface area (Å²) in [6.45, 7) is 7.58. The predicted octanol–water partition coefficient (Wildman–Crippen LogP) is 1.15. The summed E-state index contributed by atoms with van der Waals surface area (Å²) in [5, 5.41) is 9.89. The lowest BCUT2D eigenvalue weighted by molar-refractivity contribution is -0.130. The maximum atomic E-state index is 11.8. The topological polar surface area (TPSA) is 61.0 Å². The molecule has 1 rings (SSSR count). The third-order valence-electron chi connectivity index (χ3n) is 2.39. The van der Waals surface area contributed by atoms with Crippen molar-refractivity contribution in [1.82, 2.24) is 20.4 Å². The fourth-order valence-corrected chi connectivity index (χ4v) is 1.46. The first kappa shape index (κ1) is 13.7. The average Bonchev–Trinajstić information content (AvgIpc) is 2.68. The molecule has 0 aliphatic rings. The van der Waals surface area contributed by atoms with E-state index in [1.165, 1.54) is 0 Å². The van der Waals surface area contributed by atoms with Crippen LogP contribution in [0.3, 0.4) is 0 Å². The summed E-state index contributed by atoms with van der Waals surface area (Å²) in [4.78, 5) is 13.5. The lowest BCUT2D eigenvalue weighted by Crippen LogP contribution is -2.38. The number of H-pyrrole nitrogens is 1. The van der Waals surface area contributed by atoms with E-state index >= 15 is 0 Å². The standard InChI is InChI=1S/C12H22N4O/c1-12(2,3)13-6-5-11(17)16(4)9-10-7-14-15-8-10/h7-8,13H,5-6,9H2,1-4H3,(H,14,15). The van der Waals surface area contributed by atoms with E-state index in [9.17, 15) is 4.79 Å². The van der Waals surface area contributed by atoms with Crippen LogP contribution in [-0.2, 0) is 11.3 Å². The Morgan fingerprint density at radius 1 is 1.53 bits per heavy atom. The largest absolute Gasteiger partial charge is 0.341 e. The first-order valence-electron chi connectivity index (χ1n) is 5.85. The van der Waals surface area contributed by atoms with Gasteiger partial charge in [-0.25, -0.2) is 0 Å². The van der Waals surface area contributed by atoms with Crippen LogP contribution in [0.4, 0.5) is 0 Å². The van der Waals surface area contributed by atoms with Crippen LogP contribution in [0.5, 0.6) is 0 Å². The van der Waals surface area contributed by atoms with Gasteiger partial charge in [0.15, 0.2) is 0 Å². The van der Waals surface area contributed by atoms with E-state index < -0.39 is 0 Å². The molecule has 0 aromatic carbocycles. The highest BCUT2D eigenvalue weighted by molar-refractivity contribution is 5.76. The Balaban J connectivity index is 2.28. The summed E-state index contributed by atoms with van der Waals surface area (Å²) in [6, 6.07) is 0. The van der Waals surface area contributed by atoms with Crippen molar-refractivity contribution in [2.75, 3.05) is 13.6 Å². The molecule has 1 aromatic rings. The summed E-state index contributed by atoms with van der Waals surface area (Å²) in [5.74, 6) is 0.142. The van der Waals surface area contributed by atoms with Crippen LogP contribution in [0.1, 0.15) is 32.8 Å². The fourth-order valence-electron chi connectivity index (χ4n) is 1.46. The van der Waals surface area contributed by atoms with Crippen LogP contribution in [0.2, 0.25) is 0 Å². The van der Waals surface area contributed by atoms with Crippen LogP contribution in [0, 0.1) is 0 Å². The van der Waals surface area contributed by atoms with Crippen LogP contribution in [0.25, 0.3) is 0 Å². The van der Waals surface area contributed by atoms with Gasteiger partial charge in [0.2, 0.25) is 5.91 Å². The Kier molecular flexibility index (Phi) is 4.69. The van der Waals surface area contributed by atoms with Gasteiger partial charge in [-0.05, 0) is 20.8 Å². The number of nitrogens with one attached hydrogen (secondary N) is 2. The maximum absolute atomic E-state index is 11.8. The number of carbonyl (C=O) groups is 1. The zero-order chi connectivity index (χ0) is 12.9. The van der Waals surface area contributed by atoms with Gasteiger partial charge in [0.05, 0.1) is 6.20 Å². The number of aromatic amines is 1. The highest BCUT2D eigenvalue weighted by Gasteiger charge is 2.12. The molecule has 0 unspecified atom stereocenters. The van der Waals surface area contributed by atoms with E-state index in [2.05, 4.69) is 36.3 Å². The van der Waals surface area contributed by atoms with Crippen LogP contribution >= 0.6 is 0 Å². The highest BCUT2D eigenvalue weighted by Crippen LogP contribution is 2.02. The van der Waals surface area contributed by atoms with Gasteiger partial charge in [-0.15, -0.1) is 0 Å². The SMILES string of the molecule is CN(Cc1cn[nH]c1)C(=O)CCNC(C)(C)C. The Bertz CT molecular complexity index is 340. The van der Waals surface area contributed by atoms with Crippen molar-refractivity contribution in [2.24, 2.45) is 0 Å². The lowest BCUT2D eigenvalue weighted by Gasteiger charge is -2.22. The number of carbonyl (C=O) groups excluding carboxylic acids is 1. The van der Waals surface area contributed by atoms with Crippen molar-refractivity contribution >= 4 is 5.91 Å². The Morgan fingerprint density at radius 2 is 2.24 bits per heavy atom. The third-order valence-corrected chi connectivity index (χ3v) is 2.39. The van der Waals surface area contributed by atoms with Crippen molar-refractivity contribution in [3.8, 4) is 0 Å². The molecule has 17 heavy (non-hydrogen) atoms. The van der Waals surface area contributed by atoms with Gasteiger partial charge in [0.25, 0.3) is 0 Å². The second kappa shape index (κ2) is 5.82. The number of aromatic nitrogens is 2. The summed E-state index contributed by atoms with van der Waals surface area (Å²) in [7, 11) is 1.81. The predicted molar refractivity (Wildman–Crippen MR) is 67.4 cm³/mol. The minimum Gasteiger partial charge on any atom is -0.341 e. The monoisotopic (exact) mass is 238 g/mol. The Morgan fingerprint density at radius 3 is 2.76 bits per heavy atom. The van der Waals surface area contributed by atoms with Crippen molar-refractivity contribution in [3.63, 3.8) is 0 Å². The Hall–Kier alpha value is -1.36. The van der Waals surface area contributed by atoms with Gasteiger partial charge in [-0.2, -0.15) is 5.10 Å². The summed E-state index contributed by atoms with van der Waals surface area (Å²) >= 11 is 0. The smallest absolute Gasteiger partial charge is 0.223 e. The molecular weight excluding hydrogens is 216 g/mol. The first-order chi connectivity index (χ1) is 7.88. The van der Waals surface area contributed by atoms with E-state index in [1.54, 1.807) is 17.3 Å². The molecule has 0 saturated heterocycles. The van der Waals surface area contributed by atoms with Crippen molar-refractivity contribution in [3.05, 3.63) is 18.0 Å². The van der Waals surface area contributed by atoms with Crippen molar-refractivity contribution in [2.45, 2.75) is 39.3 Å². The second-order valence-corrected chi connectivity index (χ2v) is 5.28. The molecule has 5 heteroatoms. The molecule has 0 aliphatic heterocycles. The molecule has 0 spiro atoms.